The highest BCUT2D eigenvalue weighted by molar-refractivity contribution is 6.16. The van der Waals surface area contributed by atoms with Gasteiger partial charge in [0.05, 0.1) is 16.7 Å². The molecule has 6 heteroatoms. The monoisotopic (exact) mass is 780 g/mol. The van der Waals surface area contributed by atoms with Gasteiger partial charge in [-0.3, -0.25) is 0 Å². The zero-order valence-corrected chi connectivity index (χ0v) is 32.6. The van der Waals surface area contributed by atoms with Crippen molar-refractivity contribution >= 4 is 76.5 Å². The molecule has 13 rings (SSSR count). The second kappa shape index (κ2) is 13.1. The number of fused-ring (bicyclic) bond motifs is 10. The first-order chi connectivity index (χ1) is 30.2. The minimum Gasteiger partial charge on any atom is -0.456 e. The lowest BCUT2D eigenvalue weighted by Gasteiger charge is -2.13. The molecule has 9 aromatic carbocycles. The van der Waals surface area contributed by atoms with Crippen LogP contribution in [0.15, 0.2) is 203 Å². The fourth-order valence-corrected chi connectivity index (χ4v) is 9.18. The van der Waals surface area contributed by atoms with Crippen LogP contribution in [0.2, 0.25) is 0 Å². The molecule has 4 aromatic heterocycles. The standard InChI is InChI=1S/C55H32N4O2/c1-2-13-33(14-3-1)34-25-27-35(28-26-34)53-56-54(58-55(57-53)42-20-12-24-50-51(42)41-19-8-11-23-49(41)60-50)38-30-44-40-18-7-10-22-48(40)61-52(44)47(32-38)59-45-21-9-6-17-39(45)43-29-36-15-4-5-16-37(36)31-46(43)59/h1-32H. The number of hydrogen-bond acceptors (Lipinski definition) is 5. The Labute approximate surface area is 348 Å². The zero-order valence-electron chi connectivity index (χ0n) is 32.6. The summed E-state index contributed by atoms with van der Waals surface area (Å²) in [5, 5.41) is 8.69. The van der Waals surface area contributed by atoms with Gasteiger partial charge in [-0.15, -0.1) is 0 Å². The quantitative estimate of drug-likeness (QED) is 0.174. The van der Waals surface area contributed by atoms with Crippen LogP contribution in [0, 0.1) is 0 Å². The molecule has 61 heavy (non-hydrogen) atoms. The Bertz CT molecular complexity index is 3880. The fraction of sp³-hybridized carbons (Fsp3) is 0. The van der Waals surface area contributed by atoms with E-state index in [1.54, 1.807) is 0 Å². The Hall–Kier alpha value is -8.35. The average Bonchev–Trinajstić information content (AvgIpc) is 4.00. The van der Waals surface area contributed by atoms with Gasteiger partial charge in [-0.05, 0) is 70.4 Å². The van der Waals surface area contributed by atoms with Crippen molar-refractivity contribution < 1.29 is 8.83 Å². The van der Waals surface area contributed by atoms with E-state index in [1.807, 2.05) is 48.5 Å². The molecule has 0 aliphatic rings. The molecule has 284 valence electrons. The van der Waals surface area contributed by atoms with E-state index in [2.05, 4.69) is 150 Å². The van der Waals surface area contributed by atoms with Gasteiger partial charge in [-0.2, -0.15) is 0 Å². The summed E-state index contributed by atoms with van der Waals surface area (Å²) < 4.78 is 15.5. The van der Waals surface area contributed by atoms with Gasteiger partial charge in [0.1, 0.15) is 16.7 Å². The van der Waals surface area contributed by atoms with Crippen molar-refractivity contribution in [1.29, 1.82) is 0 Å². The SMILES string of the molecule is c1ccc(-c2ccc(-c3nc(-c4cc(-n5c6ccccc6c6cc7ccccc7cc65)c5oc6ccccc6c5c4)nc(-c4cccc5oc6ccccc6c45)n3)cc2)cc1. The van der Waals surface area contributed by atoms with Crippen molar-refractivity contribution in [3.63, 3.8) is 0 Å². The minimum atomic E-state index is 0.552. The summed E-state index contributed by atoms with van der Waals surface area (Å²) in [6.45, 7) is 0. The molecule has 0 spiro atoms. The van der Waals surface area contributed by atoms with E-state index >= 15 is 0 Å². The van der Waals surface area contributed by atoms with E-state index in [9.17, 15) is 0 Å². The normalized spacial score (nSPS) is 11.9. The van der Waals surface area contributed by atoms with Crippen molar-refractivity contribution in [3.8, 4) is 51.0 Å². The lowest BCUT2D eigenvalue weighted by molar-refractivity contribution is 0.666. The first kappa shape index (κ1) is 33.6. The molecule has 6 nitrogen and oxygen atoms in total. The summed E-state index contributed by atoms with van der Waals surface area (Å²) >= 11 is 0. The molecule has 0 aliphatic carbocycles. The van der Waals surface area contributed by atoms with Crippen molar-refractivity contribution in [2.45, 2.75) is 0 Å². The number of aromatic nitrogens is 4. The third-order valence-corrected chi connectivity index (χ3v) is 12.0. The Kier molecular flexibility index (Phi) is 7.21. The highest BCUT2D eigenvalue weighted by atomic mass is 16.3. The van der Waals surface area contributed by atoms with Crippen molar-refractivity contribution in [2.75, 3.05) is 0 Å². The van der Waals surface area contributed by atoms with Gasteiger partial charge in [0, 0.05) is 49.0 Å². The second-order valence-electron chi connectivity index (χ2n) is 15.6. The maximum atomic E-state index is 6.81. The molecule has 0 saturated carbocycles. The molecular formula is C55H32N4O2. The third-order valence-electron chi connectivity index (χ3n) is 12.0. The number of benzene rings is 9. The van der Waals surface area contributed by atoms with Crippen molar-refractivity contribution in [1.82, 2.24) is 19.5 Å². The van der Waals surface area contributed by atoms with E-state index in [4.69, 9.17) is 23.8 Å². The van der Waals surface area contributed by atoms with E-state index < -0.39 is 0 Å². The molecule has 0 atom stereocenters. The molecule has 0 radical (unpaired) electrons. The van der Waals surface area contributed by atoms with E-state index in [0.717, 1.165) is 88.4 Å². The molecular weight excluding hydrogens is 749 g/mol. The lowest BCUT2D eigenvalue weighted by Crippen LogP contribution is -2.02. The number of furan rings is 2. The number of nitrogens with zero attached hydrogens (tertiary/aromatic N) is 4. The van der Waals surface area contributed by atoms with Crippen LogP contribution in [0.25, 0.3) is 127 Å². The van der Waals surface area contributed by atoms with Gasteiger partial charge in [-0.1, -0.05) is 146 Å². The summed E-state index contributed by atoms with van der Waals surface area (Å²) in [5.41, 5.74) is 11.2. The van der Waals surface area contributed by atoms with Crippen LogP contribution in [0.4, 0.5) is 0 Å². The van der Waals surface area contributed by atoms with Crippen molar-refractivity contribution in [3.05, 3.63) is 194 Å². The lowest BCUT2D eigenvalue weighted by atomic mass is 10.0. The average molecular weight is 781 g/mol. The smallest absolute Gasteiger partial charge is 0.164 e. The predicted octanol–water partition coefficient (Wildman–Crippen LogP) is 14.6. The van der Waals surface area contributed by atoms with Crippen LogP contribution in [0.1, 0.15) is 0 Å². The maximum absolute atomic E-state index is 6.81. The largest absolute Gasteiger partial charge is 0.456 e. The molecule has 0 unspecified atom stereocenters. The summed E-state index contributed by atoms with van der Waals surface area (Å²) in [5.74, 6) is 1.69. The van der Waals surface area contributed by atoms with E-state index in [-0.39, 0.29) is 0 Å². The highest BCUT2D eigenvalue weighted by Gasteiger charge is 2.23. The maximum Gasteiger partial charge on any atom is 0.164 e. The topological polar surface area (TPSA) is 69.9 Å². The van der Waals surface area contributed by atoms with Crippen LogP contribution in [0.3, 0.4) is 0 Å². The highest BCUT2D eigenvalue weighted by Crippen LogP contribution is 2.42. The van der Waals surface area contributed by atoms with Gasteiger partial charge < -0.3 is 13.4 Å². The number of rotatable bonds is 5. The minimum absolute atomic E-state index is 0.552. The molecule has 0 aliphatic heterocycles. The van der Waals surface area contributed by atoms with Gasteiger partial charge in [0.15, 0.2) is 23.1 Å². The fourth-order valence-electron chi connectivity index (χ4n) is 9.18. The van der Waals surface area contributed by atoms with Crippen molar-refractivity contribution in [2.24, 2.45) is 0 Å². The Morgan fingerprint density at radius 3 is 1.77 bits per heavy atom. The molecule has 4 heterocycles. The zero-order chi connectivity index (χ0) is 40.0. The summed E-state index contributed by atoms with van der Waals surface area (Å²) in [7, 11) is 0. The van der Waals surface area contributed by atoms with Crippen LogP contribution < -0.4 is 0 Å². The van der Waals surface area contributed by atoms with Crippen LogP contribution in [-0.2, 0) is 0 Å². The number of hydrogen-bond donors (Lipinski definition) is 0. The Morgan fingerprint density at radius 1 is 0.344 bits per heavy atom. The van der Waals surface area contributed by atoms with Crippen LogP contribution in [0.5, 0.6) is 0 Å². The molecule has 0 N–H and O–H groups in total. The first-order valence-electron chi connectivity index (χ1n) is 20.4. The second-order valence-corrected chi connectivity index (χ2v) is 15.6. The molecule has 0 saturated heterocycles. The molecule has 0 amide bonds. The van der Waals surface area contributed by atoms with E-state index in [0.29, 0.717) is 17.5 Å². The first-order valence-corrected chi connectivity index (χ1v) is 20.4. The third kappa shape index (κ3) is 5.26. The molecule has 13 aromatic rings. The Morgan fingerprint density at radius 2 is 0.951 bits per heavy atom. The van der Waals surface area contributed by atoms with E-state index in [1.165, 1.54) is 21.5 Å². The van der Waals surface area contributed by atoms with Crippen LogP contribution >= 0.6 is 0 Å². The molecule has 0 fully saturated rings. The molecule has 0 bridgehead atoms. The van der Waals surface area contributed by atoms with Gasteiger partial charge >= 0.3 is 0 Å². The Balaban J connectivity index is 1.10. The van der Waals surface area contributed by atoms with Gasteiger partial charge in [0.25, 0.3) is 0 Å². The summed E-state index contributed by atoms with van der Waals surface area (Å²) in [4.78, 5) is 15.9. The summed E-state index contributed by atoms with van der Waals surface area (Å²) in [6.07, 6.45) is 0. The van der Waals surface area contributed by atoms with Crippen LogP contribution in [-0.4, -0.2) is 19.5 Å². The summed E-state index contributed by atoms with van der Waals surface area (Å²) in [6, 6.07) is 67.4. The number of para-hydroxylation sites is 3. The predicted molar refractivity (Wildman–Crippen MR) is 248 cm³/mol. The van der Waals surface area contributed by atoms with Gasteiger partial charge in [0.2, 0.25) is 0 Å². The van der Waals surface area contributed by atoms with Gasteiger partial charge in [-0.25, -0.2) is 15.0 Å².